The average Bonchev–Trinajstić information content (AvgIpc) is 2.65. The summed E-state index contributed by atoms with van der Waals surface area (Å²) in [5.41, 5.74) is 5.40. The zero-order valence-corrected chi connectivity index (χ0v) is 14.9. The molecule has 2 aromatic rings. The molecule has 2 atom stereocenters. The Morgan fingerprint density at radius 1 is 0.962 bits per heavy atom. The molecular formula is C20H24N2O4. The first-order valence-corrected chi connectivity index (χ1v) is 8.48. The highest BCUT2D eigenvalue weighted by Crippen LogP contribution is 2.11. The number of aliphatic hydroxyl groups excluding tert-OH is 1. The van der Waals surface area contributed by atoms with Crippen LogP contribution in [0.2, 0.25) is 0 Å². The second kappa shape index (κ2) is 9.12. The van der Waals surface area contributed by atoms with Gasteiger partial charge in [0.15, 0.2) is 0 Å². The van der Waals surface area contributed by atoms with Gasteiger partial charge in [-0.15, -0.1) is 0 Å². The molecule has 0 spiro atoms. The quantitative estimate of drug-likeness (QED) is 0.449. The Morgan fingerprint density at radius 3 is 1.92 bits per heavy atom. The van der Waals surface area contributed by atoms with E-state index in [0.29, 0.717) is 5.56 Å². The number of aryl methyl sites for hydroxylation is 3. The first-order valence-electron chi connectivity index (χ1n) is 8.48. The minimum Gasteiger partial charge on any atom is -0.391 e. The molecule has 4 N–H and O–H groups in total. The molecule has 0 aliphatic heterocycles. The van der Waals surface area contributed by atoms with Crippen LogP contribution in [-0.2, 0) is 17.6 Å². The second-order valence-electron chi connectivity index (χ2n) is 6.35. The maximum absolute atomic E-state index is 12.2. The Kier molecular flexibility index (Phi) is 6.89. The van der Waals surface area contributed by atoms with Crippen molar-refractivity contribution in [3.8, 4) is 0 Å². The number of benzene rings is 2. The van der Waals surface area contributed by atoms with E-state index in [1.54, 1.807) is 12.1 Å². The van der Waals surface area contributed by atoms with Crippen molar-refractivity contribution in [1.82, 2.24) is 10.8 Å². The summed E-state index contributed by atoms with van der Waals surface area (Å²) in [4.78, 5) is 23.7. The van der Waals surface area contributed by atoms with E-state index < -0.39 is 24.0 Å². The van der Waals surface area contributed by atoms with E-state index in [-0.39, 0.29) is 0 Å². The van der Waals surface area contributed by atoms with Crippen molar-refractivity contribution in [3.05, 3.63) is 70.8 Å². The highest BCUT2D eigenvalue weighted by atomic mass is 16.5. The van der Waals surface area contributed by atoms with Crippen LogP contribution >= 0.6 is 0 Å². The fraction of sp³-hybridized carbons (Fsp3) is 0.300. The van der Waals surface area contributed by atoms with E-state index in [2.05, 4.69) is 36.5 Å². The molecule has 0 bridgehead atoms. The van der Waals surface area contributed by atoms with Crippen molar-refractivity contribution in [2.24, 2.45) is 0 Å². The zero-order chi connectivity index (χ0) is 19.1. The lowest BCUT2D eigenvalue weighted by molar-refractivity contribution is -0.133. The molecular weight excluding hydrogens is 332 g/mol. The SMILES string of the molecule is Cc1ccc(CCc2ccc(C(=O)NC(C(=O)NO)[C@@H](C)O)cc2)cc1. The predicted molar refractivity (Wildman–Crippen MR) is 97.9 cm³/mol. The van der Waals surface area contributed by atoms with Crippen LogP contribution in [0.25, 0.3) is 0 Å². The normalized spacial score (nSPS) is 12.9. The molecule has 0 saturated heterocycles. The monoisotopic (exact) mass is 356 g/mol. The smallest absolute Gasteiger partial charge is 0.268 e. The molecule has 26 heavy (non-hydrogen) atoms. The summed E-state index contributed by atoms with van der Waals surface area (Å²) in [5, 5.41) is 20.6. The number of nitrogens with one attached hydrogen (secondary N) is 2. The molecule has 0 radical (unpaired) electrons. The molecule has 0 aliphatic rings. The van der Waals surface area contributed by atoms with Gasteiger partial charge in [0, 0.05) is 5.56 Å². The van der Waals surface area contributed by atoms with Gasteiger partial charge in [-0.25, -0.2) is 5.48 Å². The van der Waals surface area contributed by atoms with Crippen molar-refractivity contribution in [3.63, 3.8) is 0 Å². The molecule has 2 amide bonds. The number of aliphatic hydroxyl groups is 1. The van der Waals surface area contributed by atoms with Crippen LogP contribution in [0.3, 0.4) is 0 Å². The third kappa shape index (κ3) is 5.40. The lowest BCUT2D eigenvalue weighted by Crippen LogP contribution is -2.51. The fourth-order valence-corrected chi connectivity index (χ4v) is 2.57. The van der Waals surface area contributed by atoms with Gasteiger partial charge in [-0.3, -0.25) is 14.8 Å². The number of amides is 2. The fourth-order valence-electron chi connectivity index (χ4n) is 2.57. The van der Waals surface area contributed by atoms with Gasteiger partial charge in [-0.05, 0) is 49.9 Å². The van der Waals surface area contributed by atoms with Gasteiger partial charge >= 0.3 is 0 Å². The minimum atomic E-state index is -1.23. The van der Waals surface area contributed by atoms with Gasteiger partial charge in [0.2, 0.25) is 0 Å². The summed E-state index contributed by atoms with van der Waals surface area (Å²) < 4.78 is 0. The molecule has 0 fully saturated rings. The molecule has 6 heteroatoms. The summed E-state index contributed by atoms with van der Waals surface area (Å²) >= 11 is 0. The van der Waals surface area contributed by atoms with Gasteiger partial charge in [0.1, 0.15) is 6.04 Å². The van der Waals surface area contributed by atoms with Crippen molar-refractivity contribution >= 4 is 11.8 Å². The zero-order valence-electron chi connectivity index (χ0n) is 14.9. The molecule has 0 aromatic heterocycles. The van der Waals surface area contributed by atoms with E-state index in [1.165, 1.54) is 23.5 Å². The highest BCUT2D eigenvalue weighted by Gasteiger charge is 2.25. The van der Waals surface area contributed by atoms with E-state index >= 15 is 0 Å². The van der Waals surface area contributed by atoms with Crippen LogP contribution in [0.1, 0.15) is 34.0 Å². The van der Waals surface area contributed by atoms with E-state index in [0.717, 1.165) is 18.4 Å². The van der Waals surface area contributed by atoms with Crippen molar-refractivity contribution < 1.29 is 19.9 Å². The van der Waals surface area contributed by atoms with Crippen molar-refractivity contribution in [2.75, 3.05) is 0 Å². The lowest BCUT2D eigenvalue weighted by atomic mass is 10.0. The van der Waals surface area contributed by atoms with Crippen LogP contribution < -0.4 is 10.8 Å². The number of hydrogen-bond acceptors (Lipinski definition) is 4. The van der Waals surface area contributed by atoms with Gasteiger partial charge < -0.3 is 10.4 Å². The Bertz CT molecular complexity index is 739. The Balaban J connectivity index is 1.96. The molecule has 2 rings (SSSR count). The van der Waals surface area contributed by atoms with E-state index in [4.69, 9.17) is 5.21 Å². The molecule has 0 saturated carbocycles. The maximum atomic E-state index is 12.2. The highest BCUT2D eigenvalue weighted by molar-refractivity contribution is 5.97. The Labute approximate surface area is 152 Å². The molecule has 1 unspecified atom stereocenters. The van der Waals surface area contributed by atoms with Crippen molar-refractivity contribution in [2.45, 2.75) is 38.8 Å². The second-order valence-corrected chi connectivity index (χ2v) is 6.35. The summed E-state index contributed by atoms with van der Waals surface area (Å²) in [6.45, 7) is 3.41. The molecule has 0 aliphatic carbocycles. The number of carbonyl (C=O) groups excluding carboxylic acids is 2. The van der Waals surface area contributed by atoms with Crippen molar-refractivity contribution in [1.29, 1.82) is 0 Å². The topological polar surface area (TPSA) is 98.7 Å². The minimum absolute atomic E-state index is 0.375. The van der Waals surface area contributed by atoms with E-state index in [1.807, 2.05) is 12.1 Å². The van der Waals surface area contributed by atoms with Crippen LogP contribution in [0, 0.1) is 6.92 Å². The van der Waals surface area contributed by atoms with Crippen LogP contribution in [-0.4, -0.2) is 34.3 Å². The van der Waals surface area contributed by atoms with Gasteiger partial charge in [-0.1, -0.05) is 42.0 Å². The van der Waals surface area contributed by atoms with Gasteiger partial charge in [0.25, 0.3) is 11.8 Å². The van der Waals surface area contributed by atoms with Gasteiger partial charge in [-0.2, -0.15) is 0 Å². The Hall–Kier alpha value is -2.70. The molecule has 138 valence electrons. The predicted octanol–water partition coefficient (Wildman–Crippen LogP) is 1.76. The standard InChI is InChI=1S/C20H24N2O4/c1-13-3-5-15(6-4-13)7-8-16-9-11-17(12-10-16)19(24)21-18(14(2)23)20(25)22-26/h3-6,9-12,14,18,23,26H,7-8H2,1-2H3,(H,21,24)(H,22,25)/t14-,18?/m1/s1. The molecule has 2 aromatic carbocycles. The third-order valence-electron chi connectivity index (χ3n) is 4.20. The van der Waals surface area contributed by atoms with E-state index in [9.17, 15) is 14.7 Å². The maximum Gasteiger partial charge on any atom is 0.268 e. The summed E-state index contributed by atoms with van der Waals surface area (Å²) in [7, 11) is 0. The summed E-state index contributed by atoms with van der Waals surface area (Å²) in [5.74, 6) is -1.37. The van der Waals surface area contributed by atoms with Crippen LogP contribution in [0.4, 0.5) is 0 Å². The summed E-state index contributed by atoms with van der Waals surface area (Å²) in [6, 6.07) is 14.3. The number of hydrogen-bond donors (Lipinski definition) is 4. The number of hydroxylamine groups is 1. The summed E-state index contributed by atoms with van der Waals surface area (Å²) in [6.07, 6.45) is 0.626. The number of carbonyl (C=O) groups is 2. The van der Waals surface area contributed by atoms with Crippen LogP contribution in [0.15, 0.2) is 48.5 Å². The third-order valence-corrected chi connectivity index (χ3v) is 4.20. The largest absolute Gasteiger partial charge is 0.391 e. The average molecular weight is 356 g/mol. The molecule has 0 heterocycles. The molecule has 6 nitrogen and oxygen atoms in total. The first kappa shape index (κ1) is 19.6. The van der Waals surface area contributed by atoms with Gasteiger partial charge in [0.05, 0.1) is 6.10 Å². The number of rotatable bonds is 7. The lowest BCUT2D eigenvalue weighted by Gasteiger charge is -2.19. The Morgan fingerprint density at radius 2 is 1.46 bits per heavy atom. The first-order chi connectivity index (χ1) is 12.4. The van der Waals surface area contributed by atoms with Crippen LogP contribution in [0.5, 0.6) is 0 Å².